The Kier molecular flexibility index (Phi) is 4.43. The molecular weight excluding hydrogens is 293 g/mol. The molecule has 0 saturated heterocycles. The maximum atomic E-state index is 11.6. The molecule has 0 spiro atoms. The molecule has 1 unspecified atom stereocenters. The Balaban J connectivity index is 2.28. The van der Waals surface area contributed by atoms with Gasteiger partial charge in [0.15, 0.2) is 5.78 Å². The third-order valence-corrected chi connectivity index (χ3v) is 3.99. The Labute approximate surface area is 121 Å². The second-order valence-electron chi connectivity index (χ2n) is 4.43. The predicted octanol–water partition coefficient (Wildman–Crippen LogP) is 2.67. The zero-order valence-corrected chi connectivity index (χ0v) is 11.8. The molecule has 2 aromatic rings. The van der Waals surface area contributed by atoms with Crippen molar-refractivity contribution in [2.75, 3.05) is 5.32 Å². The number of benzene rings is 2. The van der Waals surface area contributed by atoms with Gasteiger partial charge in [-0.2, -0.15) is 0 Å². The molecule has 0 radical (unpaired) electrons. The van der Waals surface area contributed by atoms with Crippen molar-refractivity contribution in [3.8, 4) is 0 Å². The summed E-state index contributed by atoms with van der Waals surface area (Å²) in [5, 5.41) is 11.6. The number of hydrogen-bond donors (Lipinski definition) is 4. The summed E-state index contributed by atoms with van der Waals surface area (Å²) in [5.41, 5.74) is 0.985. The van der Waals surface area contributed by atoms with Gasteiger partial charge in [-0.3, -0.25) is 4.57 Å². The molecule has 0 heterocycles. The fraction of sp³-hybridized carbons (Fsp3) is 0.0714. The molecule has 1 atom stereocenters. The van der Waals surface area contributed by atoms with Gasteiger partial charge in [-0.15, -0.1) is 0 Å². The van der Waals surface area contributed by atoms with Gasteiger partial charge in [0.25, 0.3) is 0 Å². The zero-order chi connectivity index (χ0) is 15.5. The van der Waals surface area contributed by atoms with E-state index < -0.39 is 19.3 Å². The first-order valence-corrected chi connectivity index (χ1v) is 7.76. The van der Waals surface area contributed by atoms with Crippen LogP contribution in [0.5, 0.6) is 0 Å². The summed E-state index contributed by atoms with van der Waals surface area (Å²) in [6.07, 6.45) is 0. The highest BCUT2D eigenvalue weighted by molar-refractivity contribution is 7.52. The first-order valence-electron chi connectivity index (χ1n) is 6.08. The second-order valence-corrected chi connectivity index (χ2v) is 6.12. The average molecular weight is 307 g/mol. The molecule has 2 rings (SSSR count). The highest BCUT2D eigenvalue weighted by atomic mass is 31.2. The summed E-state index contributed by atoms with van der Waals surface area (Å²) in [6, 6.07) is 14.0. The minimum Gasteiger partial charge on any atom is -0.478 e. The van der Waals surface area contributed by atoms with Crippen molar-refractivity contribution in [1.82, 2.24) is 0 Å². The lowest BCUT2D eigenvalue weighted by Gasteiger charge is -2.21. The molecule has 0 aliphatic rings. The van der Waals surface area contributed by atoms with Crippen LogP contribution in [0.25, 0.3) is 0 Å². The van der Waals surface area contributed by atoms with E-state index in [-0.39, 0.29) is 5.56 Å². The Hall–Kier alpha value is -2.14. The fourth-order valence-corrected chi connectivity index (χ4v) is 2.74. The molecule has 0 bridgehead atoms. The minimum atomic E-state index is -4.42. The van der Waals surface area contributed by atoms with Crippen molar-refractivity contribution >= 4 is 19.3 Å². The smallest absolute Gasteiger partial charge is 0.352 e. The number of carbonyl (C=O) groups is 1. The van der Waals surface area contributed by atoms with Crippen LogP contribution in [0.2, 0.25) is 0 Å². The minimum absolute atomic E-state index is 0.105. The van der Waals surface area contributed by atoms with Gasteiger partial charge in [0.2, 0.25) is 0 Å². The van der Waals surface area contributed by atoms with Crippen molar-refractivity contribution in [3.63, 3.8) is 0 Å². The molecule has 0 fully saturated rings. The normalized spacial score (nSPS) is 12.7. The van der Waals surface area contributed by atoms with E-state index in [0.717, 1.165) is 0 Å². The van der Waals surface area contributed by atoms with Gasteiger partial charge >= 0.3 is 13.6 Å². The fourth-order valence-electron chi connectivity index (χ4n) is 1.86. The summed E-state index contributed by atoms with van der Waals surface area (Å²) in [7, 11) is -4.42. The summed E-state index contributed by atoms with van der Waals surface area (Å²) in [4.78, 5) is 29.7. The van der Waals surface area contributed by atoms with Crippen LogP contribution in [-0.4, -0.2) is 20.9 Å². The number of anilines is 1. The molecule has 0 aliphatic carbocycles. The van der Waals surface area contributed by atoms with Crippen LogP contribution in [0.3, 0.4) is 0 Å². The molecule has 21 heavy (non-hydrogen) atoms. The van der Waals surface area contributed by atoms with E-state index in [4.69, 9.17) is 5.11 Å². The first kappa shape index (κ1) is 15.3. The van der Waals surface area contributed by atoms with E-state index in [1.54, 1.807) is 30.3 Å². The van der Waals surface area contributed by atoms with Crippen LogP contribution >= 0.6 is 7.60 Å². The highest BCUT2D eigenvalue weighted by Gasteiger charge is 2.30. The van der Waals surface area contributed by atoms with Crippen LogP contribution in [0.15, 0.2) is 54.6 Å². The van der Waals surface area contributed by atoms with Crippen LogP contribution in [0.4, 0.5) is 5.69 Å². The summed E-state index contributed by atoms with van der Waals surface area (Å²) in [6.45, 7) is 0. The maximum Gasteiger partial charge on any atom is 0.352 e. The summed E-state index contributed by atoms with van der Waals surface area (Å²) < 4.78 is 11.6. The van der Waals surface area contributed by atoms with Crippen LogP contribution in [0, 0.1) is 0 Å². The molecule has 0 aliphatic heterocycles. The van der Waals surface area contributed by atoms with Gasteiger partial charge in [-0.05, 0) is 29.8 Å². The second kappa shape index (κ2) is 6.10. The number of hydrogen-bond acceptors (Lipinski definition) is 3. The van der Waals surface area contributed by atoms with Crippen LogP contribution < -0.4 is 5.32 Å². The number of carboxylic acid groups (broad SMARTS) is 1. The van der Waals surface area contributed by atoms with Crippen molar-refractivity contribution < 1.29 is 24.3 Å². The van der Waals surface area contributed by atoms with Crippen molar-refractivity contribution in [1.29, 1.82) is 0 Å². The van der Waals surface area contributed by atoms with E-state index in [9.17, 15) is 19.1 Å². The summed E-state index contributed by atoms with van der Waals surface area (Å²) >= 11 is 0. The monoisotopic (exact) mass is 307 g/mol. The number of aromatic carboxylic acids is 1. The molecule has 0 aromatic heterocycles. The van der Waals surface area contributed by atoms with Gasteiger partial charge in [-0.1, -0.05) is 30.3 Å². The topological polar surface area (TPSA) is 107 Å². The van der Waals surface area contributed by atoms with E-state index >= 15 is 0 Å². The lowest BCUT2D eigenvalue weighted by molar-refractivity contribution is 0.0697. The quantitative estimate of drug-likeness (QED) is 0.633. The van der Waals surface area contributed by atoms with Crippen molar-refractivity contribution in [3.05, 3.63) is 65.7 Å². The third kappa shape index (κ3) is 3.92. The van der Waals surface area contributed by atoms with Crippen LogP contribution in [0.1, 0.15) is 21.7 Å². The van der Waals surface area contributed by atoms with Crippen molar-refractivity contribution in [2.45, 2.75) is 5.78 Å². The largest absolute Gasteiger partial charge is 0.478 e. The molecule has 0 saturated carbocycles. The summed E-state index contributed by atoms with van der Waals surface area (Å²) in [5.74, 6) is -2.24. The Morgan fingerprint density at radius 3 is 2.05 bits per heavy atom. The number of carboxylic acids is 1. The molecule has 0 amide bonds. The Bertz CT molecular complexity index is 666. The standard InChI is InChI=1S/C14H14NO5P/c16-14(17)11-6-8-12(9-7-11)15-13(21(18,19)20)10-4-2-1-3-5-10/h1-9,13,15H,(H,16,17)(H2,18,19,20). The van der Waals surface area contributed by atoms with Crippen LogP contribution in [-0.2, 0) is 4.57 Å². The van der Waals surface area contributed by atoms with E-state index in [1.165, 1.54) is 24.3 Å². The Morgan fingerprint density at radius 1 is 1.00 bits per heavy atom. The first-order chi connectivity index (χ1) is 9.88. The lowest BCUT2D eigenvalue weighted by Crippen LogP contribution is -2.11. The number of rotatable bonds is 5. The third-order valence-electron chi connectivity index (χ3n) is 2.89. The molecule has 110 valence electrons. The Morgan fingerprint density at radius 2 is 1.57 bits per heavy atom. The average Bonchev–Trinajstić information content (AvgIpc) is 2.45. The number of nitrogens with one attached hydrogen (secondary N) is 1. The molecule has 2 aromatic carbocycles. The van der Waals surface area contributed by atoms with E-state index in [1.807, 2.05) is 0 Å². The maximum absolute atomic E-state index is 11.6. The van der Waals surface area contributed by atoms with Gasteiger partial charge in [-0.25, -0.2) is 4.79 Å². The molecule has 4 N–H and O–H groups in total. The van der Waals surface area contributed by atoms with Gasteiger partial charge in [0, 0.05) is 5.69 Å². The van der Waals surface area contributed by atoms with E-state index in [2.05, 4.69) is 5.32 Å². The van der Waals surface area contributed by atoms with E-state index in [0.29, 0.717) is 11.3 Å². The predicted molar refractivity (Wildman–Crippen MR) is 78.3 cm³/mol. The van der Waals surface area contributed by atoms with Gasteiger partial charge in [0.1, 0.15) is 0 Å². The zero-order valence-electron chi connectivity index (χ0n) is 10.9. The SMILES string of the molecule is O=C(O)c1ccc(NC(c2ccccc2)P(=O)(O)O)cc1. The highest BCUT2D eigenvalue weighted by Crippen LogP contribution is 2.51. The van der Waals surface area contributed by atoms with Gasteiger partial charge in [0.05, 0.1) is 5.56 Å². The molecule has 6 nitrogen and oxygen atoms in total. The van der Waals surface area contributed by atoms with Gasteiger partial charge < -0.3 is 20.2 Å². The lowest BCUT2D eigenvalue weighted by atomic mass is 10.2. The molecule has 7 heteroatoms. The van der Waals surface area contributed by atoms with Crippen molar-refractivity contribution in [2.24, 2.45) is 0 Å². The molecular formula is C14H14NO5P.